The molecule has 3 heteroatoms. The second-order valence-corrected chi connectivity index (χ2v) is 5.01. The molecule has 106 valence electrons. The number of carbonyl (C=O) groups is 1. The van der Waals surface area contributed by atoms with Crippen molar-refractivity contribution in [2.75, 3.05) is 7.11 Å². The van der Waals surface area contributed by atoms with E-state index < -0.39 is 0 Å². The number of cyclic esters (lactones) is 1. The SMILES string of the molecule is C=C1C(=O)O[C@H](c2ccc(OC)cc2)[C@@H]1c1ccccc1. The molecule has 1 heterocycles. The number of esters is 1. The molecule has 3 nitrogen and oxygen atoms in total. The molecule has 1 saturated heterocycles. The molecule has 2 aromatic carbocycles. The van der Waals surface area contributed by atoms with Crippen molar-refractivity contribution in [3.8, 4) is 5.75 Å². The number of carbonyl (C=O) groups excluding carboxylic acids is 1. The van der Waals surface area contributed by atoms with Crippen LogP contribution in [0, 0.1) is 0 Å². The number of hydrogen-bond donors (Lipinski definition) is 0. The molecule has 0 radical (unpaired) electrons. The number of hydrogen-bond acceptors (Lipinski definition) is 3. The average Bonchev–Trinajstić information content (AvgIpc) is 2.84. The van der Waals surface area contributed by atoms with Crippen molar-refractivity contribution in [2.24, 2.45) is 0 Å². The van der Waals surface area contributed by atoms with Gasteiger partial charge in [-0.15, -0.1) is 0 Å². The van der Waals surface area contributed by atoms with Crippen LogP contribution in [0.2, 0.25) is 0 Å². The van der Waals surface area contributed by atoms with E-state index in [4.69, 9.17) is 9.47 Å². The van der Waals surface area contributed by atoms with Crippen LogP contribution < -0.4 is 4.74 Å². The molecule has 3 rings (SSSR count). The molecular weight excluding hydrogens is 264 g/mol. The van der Waals surface area contributed by atoms with Crippen LogP contribution in [-0.2, 0) is 9.53 Å². The first-order valence-corrected chi connectivity index (χ1v) is 6.79. The Morgan fingerprint density at radius 1 is 1.00 bits per heavy atom. The Bertz CT molecular complexity index is 659. The lowest BCUT2D eigenvalue weighted by Crippen LogP contribution is -2.07. The summed E-state index contributed by atoms with van der Waals surface area (Å²) < 4.78 is 10.7. The van der Waals surface area contributed by atoms with E-state index in [1.807, 2.05) is 54.6 Å². The van der Waals surface area contributed by atoms with Gasteiger partial charge in [0.15, 0.2) is 0 Å². The van der Waals surface area contributed by atoms with Crippen molar-refractivity contribution in [1.29, 1.82) is 0 Å². The van der Waals surface area contributed by atoms with E-state index >= 15 is 0 Å². The number of benzene rings is 2. The average molecular weight is 280 g/mol. The van der Waals surface area contributed by atoms with Gasteiger partial charge < -0.3 is 9.47 Å². The fourth-order valence-electron chi connectivity index (χ4n) is 2.66. The number of rotatable bonds is 3. The van der Waals surface area contributed by atoms with Gasteiger partial charge in [-0.3, -0.25) is 0 Å². The minimum atomic E-state index is -0.335. The van der Waals surface area contributed by atoms with Crippen molar-refractivity contribution >= 4 is 5.97 Å². The van der Waals surface area contributed by atoms with Gasteiger partial charge in [0.05, 0.1) is 13.0 Å². The summed E-state index contributed by atoms with van der Waals surface area (Å²) >= 11 is 0. The van der Waals surface area contributed by atoms with Gasteiger partial charge in [0.25, 0.3) is 0 Å². The summed E-state index contributed by atoms with van der Waals surface area (Å²) in [6.07, 6.45) is -0.335. The van der Waals surface area contributed by atoms with E-state index in [2.05, 4.69) is 6.58 Å². The van der Waals surface area contributed by atoms with Gasteiger partial charge in [0.2, 0.25) is 0 Å². The maximum Gasteiger partial charge on any atom is 0.334 e. The van der Waals surface area contributed by atoms with Crippen LogP contribution in [0.15, 0.2) is 66.7 Å². The largest absolute Gasteiger partial charge is 0.497 e. The highest BCUT2D eigenvalue weighted by molar-refractivity contribution is 5.92. The van der Waals surface area contributed by atoms with Crippen LogP contribution in [0.25, 0.3) is 0 Å². The van der Waals surface area contributed by atoms with Crippen molar-refractivity contribution < 1.29 is 14.3 Å². The Morgan fingerprint density at radius 3 is 2.29 bits per heavy atom. The molecule has 0 N–H and O–H groups in total. The summed E-state index contributed by atoms with van der Waals surface area (Å²) in [6.45, 7) is 3.90. The van der Waals surface area contributed by atoms with Crippen molar-refractivity contribution in [1.82, 2.24) is 0 Å². The van der Waals surface area contributed by atoms with Crippen molar-refractivity contribution in [3.63, 3.8) is 0 Å². The second kappa shape index (κ2) is 5.44. The fraction of sp³-hybridized carbons (Fsp3) is 0.167. The molecule has 0 aromatic heterocycles. The first kappa shape index (κ1) is 13.4. The maximum absolute atomic E-state index is 11.9. The third-order valence-electron chi connectivity index (χ3n) is 3.78. The molecule has 0 saturated carbocycles. The summed E-state index contributed by atoms with van der Waals surface area (Å²) in [5.41, 5.74) is 2.48. The van der Waals surface area contributed by atoms with Crippen LogP contribution in [0.3, 0.4) is 0 Å². The number of ether oxygens (including phenoxy) is 2. The van der Waals surface area contributed by atoms with Crippen molar-refractivity contribution in [3.05, 3.63) is 77.9 Å². The number of methoxy groups -OCH3 is 1. The van der Waals surface area contributed by atoms with Crippen LogP contribution >= 0.6 is 0 Å². The Hall–Kier alpha value is -2.55. The second-order valence-electron chi connectivity index (χ2n) is 5.01. The Balaban J connectivity index is 1.99. The van der Waals surface area contributed by atoms with E-state index in [1.54, 1.807) is 7.11 Å². The first-order valence-electron chi connectivity index (χ1n) is 6.79. The zero-order valence-electron chi connectivity index (χ0n) is 11.8. The Kier molecular flexibility index (Phi) is 3.48. The fourth-order valence-corrected chi connectivity index (χ4v) is 2.66. The molecule has 21 heavy (non-hydrogen) atoms. The van der Waals surface area contributed by atoms with E-state index in [-0.39, 0.29) is 18.0 Å². The molecule has 1 fully saturated rings. The van der Waals surface area contributed by atoms with Gasteiger partial charge in [-0.1, -0.05) is 49.0 Å². The summed E-state index contributed by atoms with van der Waals surface area (Å²) in [7, 11) is 1.62. The quantitative estimate of drug-likeness (QED) is 0.636. The van der Waals surface area contributed by atoms with Gasteiger partial charge in [-0.25, -0.2) is 4.79 Å². The monoisotopic (exact) mass is 280 g/mol. The maximum atomic E-state index is 11.9. The Labute approximate surface area is 123 Å². The molecule has 0 amide bonds. The standard InChI is InChI=1S/C18H16O3/c1-12-16(13-6-4-3-5-7-13)17(21-18(12)19)14-8-10-15(20-2)11-9-14/h3-11,16-17H,1H2,2H3/t16-,17+/m0/s1. The molecule has 2 aromatic rings. The highest BCUT2D eigenvalue weighted by Gasteiger charge is 2.40. The zero-order chi connectivity index (χ0) is 14.8. The molecule has 0 bridgehead atoms. The van der Waals surface area contributed by atoms with Gasteiger partial charge in [0.1, 0.15) is 11.9 Å². The molecule has 2 atom stereocenters. The van der Waals surface area contributed by atoms with Gasteiger partial charge >= 0.3 is 5.97 Å². The van der Waals surface area contributed by atoms with Gasteiger partial charge in [-0.05, 0) is 23.3 Å². The highest BCUT2D eigenvalue weighted by atomic mass is 16.6. The predicted molar refractivity (Wildman–Crippen MR) is 80.2 cm³/mol. The summed E-state index contributed by atoms with van der Waals surface area (Å²) in [5, 5.41) is 0. The topological polar surface area (TPSA) is 35.5 Å². The molecule has 1 aliphatic heterocycles. The molecular formula is C18H16O3. The summed E-state index contributed by atoms with van der Waals surface area (Å²) in [5.74, 6) is 0.301. The van der Waals surface area contributed by atoms with Crippen LogP contribution in [-0.4, -0.2) is 13.1 Å². The van der Waals surface area contributed by atoms with Crippen molar-refractivity contribution in [2.45, 2.75) is 12.0 Å². The van der Waals surface area contributed by atoms with E-state index in [1.165, 1.54) is 0 Å². The Morgan fingerprint density at radius 2 is 1.67 bits per heavy atom. The first-order chi connectivity index (χ1) is 10.2. The van der Waals surface area contributed by atoms with E-state index in [0.717, 1.165) is 16.9 Å². The normalized spacial score (nSPS) is 21.2. The van der Waals surface area contributed by atoms with Crippen LogP contribution in [0.5, 0.6) is 5.75 Å². The highest BCUT2D eigenvalue weighted by Crippen LogP contribution is 2.45. The molecule has 1 aliphatic rings. The lowest BCUT2D eigenvalue weighted by molar-refractivity contribution is -0.139. The molecule has 0 spiro atoms. The lowest BCUT2D eigenvalue weighted by atomic mass is 9.86. The van der Waals surface area contributed by atoms with E-state index in [0.29, 0.717) is 5.57 Å². The third-order valence-corrected chi connectivity index (χ3v) is 3.78. The minimum absolute atomic E-state index is 0.146. The van der Waals surface area contributed by atoms with E-state index in [9.17, 15) is 4.79 Å². The summed E-state index contributed by atoms with van der Waals surface area (Å²) in [4.78, 5) is 11.9. The lowest BCUT2D eigenvalue weighted by Gasteiger charge is -2.18. The third kappa shape index (κ3) is 2.42. The van der Waals surface area contributed by atoms with Gasteiger partial charge in [0, 0.05) is 5.57 Å². The van der Waals surface area contributed by atoms with Gasteiger partial charge in [-0.2, -0.15) is 0 Å². The molecule has 0 unspecified atom stereocenters. The van der Waals surface area contributed by atoms with Crippen LogP contribution in [0.1, 0.15) is 23.1 Å². The summed E-state index contributed by atoms with van der Waals surface area (Å²) in [6, 6.07) is 17.4. The molecule has 0 aliphatic carbocycles. The zero-order valence-corrected chi connectivity index (χ0v) is 11.8. The minimum Gasteiger partial charge on any atom is -0.497 e. The smallest absolute Gasteiger partial charge is 0.334 e. The van der Waals surface area contributed by atoms with Crippen LogP contribution in [0.4, 0.5) is 0 Å². The predicted octanol–water partition coefficient (Wildman–Crippen LogP) is 3.63.